The highest BCUT2D eigenvalue weighted by atomic mass is 35.5. The van der Waals surface area contributed by atoms with Gasteiger partial charge in [0.2, 0.25) is 0 Å². The molecule has 21 heavy (non-hydrogen) atoms. The van der Waals surface area contributed by atoms with Gasteiger partial charge in [-0.15, -0.1) is 0 Å². The second-order valence-electron chi connectivity index (χ2n) is 5.34. The molecular weight excluding hydrogens is 284 g/mol. The number of benzene rings is 2. The van der Waals surface area contributed by atoms with Gasteiger partial charge in [0.15, 0.2) is 0 Å². The average molecular weight is 301 g/mol. The first-order valence-electron chi connectivity index (χ1n) is 7.00. The van der Waals surface area contributed by atoms with Gasteiger partial charge in [-0.25, -0.2) is 0 Å². The number of hydrogen-bond acceptors (Lipinski definition) is 2. The molecule has 0 atom stereocenters. The van der Waals surface area contributed by atoms with Crippen molar-refractivity contribution in [3.63, 3.8) is 0 Å². The molecule has 1 amide bonds. The van der Waals surface area contributed by atoms with Gasteiger partial charge in [-0.05, 0) is 41.8 Å². The molecule has 0 aliphatic carbocycles. The summed E-state index contributed by atoms with van der Waals surface area (Å²) in [6.07, 6.45) is 1.03. The molecule has 0 aromatic heterocycles. The highest BCUT2D eigenvalue weighted by Crippen LogP contribution is 2.24. The molecule has 0 bridgehead atoms. The molecule has 108 valence electrons. The summed E-state index contributed by atoms with van der Waals surface area (Å²) >= 11 is 5.98. The summed E-state index contributed by atoms with van der Waals surface area (Å²) in [4.78, 5) is 14.2. The monoisotopic (exact) mass is 300 g/mol. The Hall–Kier alpha value is -2.00. The van der Waals surface area contributed by atoms with Crippen molar-refractivity contribution in [1.29, 1.82) is 0 Å². The van der Waals surface area contributed by atoms with Crippen LogP contribution in [0, 0.1) is 0 Å². The summed E-state index contributed by atoms with van der Waals surface area (Å²) in [5.74, 6) is 0.0199. The van der Waals surface area contributed by atoms with E-state index in [-0.39, 0.29) is 5.91 Å². The molecule has 1 N–H and O–H groups in total. The maximum Gasteiger partial charge on any atom is 0.253 e. The number of anilines is 1. The van der Waals surface area contributed by atoms with Crippen molar-refractivity contribution in [2.75, 3.05) is 18.9 Å². The molecule has 2 aromatic rings. The Morgan fingerprint density at radius 1 is 1.29 bits per heavy atom. The van der Waals surface area contributed by atoms with Crippen LogP contribution in [0.2, 0.25) is 5.02 Å². The van der Waals surface area contributed by atoms with Crippen LogP contribution in [-0.2, 0) is 13.0 Å². The molecule has 0 fully saturated rings. The van der Waals surface area contributed by atoms with Crippen LogP contribution in [0.5, 0.6) is 0 Å². The van der Waals surface area contributed by atoms with Crippen LogP contribution in [0.1, 0.15) is 21.5 Å². The lowest BCUT2D eigenvalue weighted by atomic mass is 10.1. The predicted molar refractivity (Wildman–Crippen MR) is 85.9 cm³/mol. The average Bonchev–Trinajstić information content (AvgIpc) is 2.93. The SMILES string of the molecule is CN(Cc1cccc(Cl)c1)C(=O)c1ccc2c(c1)NCC2. The summed E-state index contributed by atoms with van der Waals surface area (Å²) in [5.41, 5.74) is 4.10. The number of nitrogens with one attached hydrogen (secondary N) is 1. The Morgan fingerprint density at radius 2 is 2.14 bits per heavy atom. The first kappa shape index (κ1) is 14.0. The lowest BCUT2D eigenvalue weighted by Crippen LogP contribution is -2.26. The van der Waals surface area contributed by atoms with Crippen LogP contribution in [0.25, 0.3) is 0 Å². The minimum atomic E-state index is 0.0199. The number of rotatable bonds is 3. The fourth-order valence-electron chi connectivity index (χ4n) is 2.63. The minimum absolute atomic E-state index is 0.0199. The van der Waals surface area contributed by atoms with E-state index in [0.29, 0.717) is 17.1 Å². The lowest BCUT2D eigenvalue weighted by molar-refractivity contribution is 0.0785. The van der Waals surface area contributed by atoms with E-state index in [1.165, 1.54) is 5.56 Å². The van der Waals surface area contributed by atoms with Crippen molar-refractivity contribution in [1.82, 2.24) is 4.90 Å². The van der Waals surface area contributed by atoms with Crippen LogP contribution in [0.4, 0.5) is 5.69 Å². The highest BCUT2D eigenvalue weighted by Gasteiger charge is 2.16. The molecule has 0 radical (unpaired) electrons. The van der Waals surface area contributed by atoms with E-state index in [4.69, 9.17) is 11.6 Å². The third kappa shape index (κ3) is 3.03. The summed E-state index contributed by atoms with van der Waals surface area (Å²) in [5, 5.41) is 3.99. The van der Waals surface area contributed by atoms with Crippen LogP contribution in [0.3, 0.4) is 0 Å². The number of hydrogen-bond donors (Lipinski definition) is 1. The highest BCUT2D eigenvalue weighted by molar-refractivity contribution is 6.30. The summed E-state index contributed by atoms with van der Waals surface area (Å²) in [7, 11) is 1.81. The molecule has 0 unspecified atom stereocenters. The van der Waals surface area contributed by atoms with Gasteiger partial charge < -0.3 is 10.2 Å². The van der Waals surface area contributed by atoms with Crippen LogP contribution >= 0.6 is 11.6 Å². The predicted octanol–water partition coefficient (Wildman–Crippen LogP) is 3.58. The molecule has 0 saturated carbocycles. The number of halogens is 1. The van der Waals surface area contributed by atoms with E-state index in [0.717, 1.165) is 24.2 Å². The standard InChI is InChI=1S/C17H17ClN2O/c1-20(11-12-3-2-4-15(18)9-12)17(21)14-6-5-13-7-8-19-16(13)10-14/h2-6,9-10,19H,7-8,11H2,1H3. The third-order valence-electron chi connectivity index (χ3n) is 3.72. The maximum atomic E-state index is 12.5. The molecule has 0 saturated heterocycles. The number of nitrogens with zero attached hydrogens (tertiary/aromatic N) is 1. The van der Waals surface area contributed by atoms with E-state index in [1.54, 1.807) is 4.90 Å². The minimum Gasteiger partial charge on any atom is -0.384 e. The molecule has 3 nitrogen and oxygen atoms in total. The molecule has 1 heterocycles. The van der Waals surface area contributed by atoms with Crippen molar-refractivity contribution in [3.05, 3.63) is 64.2 Å². The molecular formula is C17H17ClN2O. The third-order valence-corrected chi connectivity index (χ3v) is 3.96. The van der Waals surface area contributed by atoms with Crippen LogP contribution < -0.4 is 5.32 Å². The Labute approximate surface area is 129 Å². The van der Waals surface area contributed by atoms with Gasteiger partial charge in [-0.3, -0.25) is 4.79 Å². The summed E-state index contributed by atoms with van der Waals surface area (Å²) < 4.78 is 0. The zero-order valence-corrected chi connectivity index (χ0v) is 12.7. The largest absolute Gasteiger partial charge is 0.384 e. The summed E-state index contributed by atoms with van der Waals surface area (Å²) in [6, 6.07) is 13.5. The van der Waals surface area contributed by atoms with Gasteiger partial charge in [0.1, 0.15) is 0 Å². The molecule has 0 spiro atoms. The van der Waals surface area contributed by atoms with Crippen molar-refractivity contribution >= 4 is 23.2 Å². The van der Waals surface area contributed by atoms with Gasteiger partial charge in [0, 0.05) is 36.4 Å². The molecule has 3 rings (SSSR count). The maximum absolute atomic E-state index is 12.5. The normalized spacial score (nSPS) is 12.7. The second kappa shape index (κ2) is 5.78. The quantitative estimate of drug-likeness (QED) is 0.939. The van der Waals surface area contributed by atoms with Gasteiger partial charge >= 0.3 is 0 Å². The zero-order valence-electron chi connectivity index (χ0n) is 11.9. The van der Waals surface area contributed by atoms with Crippen molar-refractivity contribution in [3.8, 4) is 0 Å². The zero-order chi connectivity index (χ0) is 14.8. The number of carbonyl (C=O) groups excluding carboxylic acids is 1. The van der Waals surface area contributed by atoms with Crippen molar-refractivity contribution in [2.24, 2.45) is 0 Å². The Morgan fingerprint density at radius 3 is 2.95 bits per heavy atom. The molecule has 4 heteroatoms. The fraction of sp³-hybridized carbons (Fsp3) is 0.235. The Bertz CT molecular complexity index is 684. The van der Waals surface area contributed by atoms with Crippen molar-refractivity contribution in [2.45, 2.75) is 13.0 Å². The van der Waals surface area contributed by atoms with Gasteiger partial charge in [-0.1, -0.05) is 29.8 Å². The van der Waals surface area contributed by atoms with E-state index in [9.17, 15) is 4.79 Å². The van der Waals surface area contributed by atoms with Gasteiger partial charge in [0.25, 0.3) is 5.91 Å². The van der Waals surface area contributed by atoms with E-state index in [1.807, 2.05) is 49.5 Å². The van der Waals surface area contributed by atoms with Gasteiger partial charge in [0.05, 0.1) is 0 Å². The summed E-state index contributed by atoms with van der Waals surface area (Å²) in [6.45, 7) is 1.50. The Balaban J connectivity index is 1.75. The van der Waals surface area contributed by atoms with E-state index in [2.05, 4.69) is 5.32 Å². The second-order valence-corrected chi connectivity index (χ2v) is 5.78. The van der Waals surface area contributed by atoms with Crippen LogP contribution in [-0.4, -0.2) is 24.4 Å². The van der Waals surface area contributed by atoms with Crippen molar-refractivity contribution < 1.29 is 4.79 Å². The number of carbonyl (C=O) groups is 1. The molecule has 1 aliphatic heterocycles. The van der Waals surface area contributed by atoms with Crippen LogP contribution in [0.15, 0.2) is 42.5 Å². The smallest absolute Gasteiger partial charge is 0.253 e. The first-order chi connectivity index (χ1) is 10.1. The number of amides is 1. The molecule has 2 aromatic carbocycles. The first-order valence-corrected chi connectivity index (χ1v) is 7.38. The Kier molecular flexibility index (Phi) is 3.84. The van der Waals surface area contributed by atoms with E-state index >= 15 is 0 Å². The fourth-order valence-corrected chi connectivity index (χ4v) is 2.84. The van der Waals surface area contributed by atoms with E-state index < -0.39 is 0 Å². The van der Waals surface area contributed by atoms with Gasteiger partial charge in [-0.2, -0.15) is 0 Å². The topological polar surface area (TPSA) is 32.3 Å². The lowest BCUT2D eigenvalue weighted by Gasteiger charge is -2.18. The number of fused-ring (bicyclic) bond motifs is 1. The molecule has 1 aliphatic rings.